The van der Waals surface area contributed by atoms with Gasteiger partial charge in [-0.15, -0.1) is 5.10 Å². The molecule has 0 unspecified atom stereocenters. The lowest BCUT2D eigenvalue weighted by atomic mass is 10.1. The molecule has 1 atom stereocenters. The van der Waals surface area contributed by atoms with Gasteiger partial charge in [-0.1, -0.05) is 17.7 Å². The lowest BCUT2D eigenvalue weighted by Gasteiger charge is -2.14. The van der Waals surface area contributed by atoms with E-state index >= 15 is 0 Å². The summed E-state index contributed by atoms with van der Waals surface area (Å²) in [4.78, 5) is 24.8. The zero-order chi connectivity index (χ0) is 20.4. The topological polar surface area (TPSA) is 86.7 Å². The summed E-state index contributed by atoms with van der Waals surface area (Å²) in [6.45, 7) is 4.11. The zero-order valence-electron chi connectivity index (χ0n) is 15.7. The fourth-order valence-electron chi connectivity index (χ4n) is 2.78. The largest absolute Gasteiger partial charge is 0.348 e. The highest BCUT2D eigenvalue weighted by molar-refractivity contribution is 6.30. The molecule has 1 amide bonds. The number of carbonyl (C=O) groups is 1. The monoisotopic (exact) mass is 406 g/mol. The number of aryl methyl sites for hydroxylation is 1. The molecule has 3 aromatic rings. The van der Waals surface area contributed by atoms with Gasteiger partial charge in [0, 0.05) is 19.8 Å². The van der Waals surface area contributed by atoms with Crippen LogP contribution >= 0.6 is 11.6 Å². The van der Waals surface area contributed by atoms with Crippen LogP contribution in [0.3, 0.4) is 0 Å². The SMILES string of the molecule is CCn1cc(-c2nn(CC(=O)N[C@@H](C)c3ccc(Cl)c(F)c3)c(=O)n2C)cn1. The highest BCUT2D eigenvalue weighted by atomic mass is 35.5. The van der Waals surface area contributed by atoms with Crippen molar-refractivity contribution in [2.24, 2.45) is 7.05 Å². The summed E-state index contributed by atoms with van der Waals surface area (Å²) in [5, 5.41) is 11.2. The highest BCUT2D eigenvalue weighted by Gasteiger charge is 2.17. The van der Waals surface area contributed by atoms with Crippen molar-refractivity contribution in [3.05, 3.63) is 57.5 Å². The van der Waals surface area contributed by atoms with Crippen LogP contribution < -0.4 is 11.0 Å². The van der Waals surface area contributed by atoms with Gasteiger partial charge >= 0.3 is 5.69 Å². The van der Waals surface area contributed by atoms with Crippen LogP contribution in [-0.2, 0) is 24.9 Å². The summed E-state index contributed by atoms with van der Waals surface area (Å²) in [5.41, 5.74) is 0.835. The van der Waals surface area contributed by atoms with Gasteiger partial charge in [-0.3, -0.25) is 14.0 Å². The molecule has 3 rings (SSSR count). The van der Waals surface area contributed by atoms with Crippen LogP contribution in [0, 0.1) is 5.82 Å². The van der Waals surface area contributed by atoms with Crippen LogP contribution in [0.25, 0.3) is 11.4 Å². The van der Waals surface area contributed by atoms with Crippen LogP contribution in [-0.4, -0.2) is 30.0 Å². The normalized spacial score (nSPS) is 12.2. The Bertz CT molecular complexity index is 1070. The van der Waals surface area contributed by atoms with E-state index in [0.29, 0.717) is 23.5 Å². The molecule has 0 aliphatic rings. The van der Waals surface area contributed by atoms with E-state index < -0.39 is 23.5 Å². The molecule has 0 aliphatic heterocycles. The molecule has 2 aromatic heterocycles. The summed E-state index contributed by atoms with van der Waals surface area (Å²) in [5.74, 6) is -0.553. The number of rotatable bonds is 6. The second kappa shape index (κ2) is 7.97. The fourth-order valence-corrected chi connectivity index (χ4v) is 2.90. The summed E-state index contributed by atoms with van der Waals surface area (Å²) >= 11 is 5.68. The van der Waals surface area contributed by atoms with Gasteiger partial charge in [0.25, 0.3) is 0 Å². The van der Waals surface area contributed by atoms with Gasteiger partial charge in [-0.2, -0.15) is 5.10 Å². The predicted molar refractivity (Wildman–Crippen MR) is 102 cm³/mol. The minimum atomic E-state index is -0.557. The molecule has 28 heavy (non-hydrogen) atoms. The molecular formula is C18H20ClFN6O2. The molecule has 148 valence electrons. The molecule has 1 N–H and O–H groups in total. The molecule has 0 saturated heterocycles. The molecule has 0 fully saturated rings. The number of hydrogen-bond acceptors (Lipinski definition) is 4. The van der Waals surface area contributed by atoms with Gasteiger partial charge in [-0.25, -0.2) is 13.9 Å². The van der Waals surface area contributed by atoms with E-state index in [2.05, 4.69) is 15.5 Å². The smallest absolute Gasteiger partial charge is 0.346 e. The number of hydrogen-bond donors (Lipinski definition) is 1. The molecule has 0 spiro atoms. The number of amides is 1. The van der Waals surface area contributed by atoms with Gasteiger partial charge in [0.1, 0.15) is 12.4 Å². The third-order valence-electron chi connectivity index (χ3n) is 4.37. The number of halogens is 2. The number of carbonyl (C=O) groups excluding carboxylic acids is 1. The Morgan fingerprint density at radius 2 is 2.14 bits per heavy atom. The minimum absolute atomic E-state index is 0.0150. The van der Waals surface area contributed by atoms with Gasteiger partial charge in [0.05, 0.1) is 22.8 Å². The summed E-state index contributed by atoms with van der Waals surface area (Å²) < 4.78 is 17.8. The van der Waals surface area contributed by atoms with Crippen molar-refractivity contribution in [3.8, 4) is 11.4 Å². The predicted octanol–water partition coefficient (Wildman–Crippen LogP) is 2.14. The molecule has 0 aliphatic carbocycles. The Hall–Kier alpha value is -2.94. The fraction of sp³-hybridized carbons (Fsp3) is 0.333. The summed E-state index contributed by atoms with van der Waals surface area (Å²) in [6.07, 6.45) is 3.40. The van der Waals surface area contributed by atoms with E-state index in [1.54, 1.807) is 37.1 Å². The maximum Gasteiger partial charge on any atom is 0.346 e. The number of nitrogens with zero attached hydrogens (tertiary/aromatic N) is 5. The van der Waals surface area contributed by atoms with Crippen LogP contribution in [0.5, 0.6) is 0 Å². The lowest BCUT2D eigenvalue weighted by molar-refractivity contribution is -0.122. The molecular weight excluding hydrogens is 387 g/mol. The second-order valence-corrected chi connectivity index (χ2v) is 6.78. The molecule has 0 bridgehead atoms. The van der Waals surface area contributed by atoms with E-state index in [1.165, 1.54) is 16.7 Å². The highest BCUT2D eigenvalue weighted by Crippen LogP contribution is 2.20. The van der Waals surface area contributed by atoms with Crippen LogP contribution in [0.4, 0.5) is 4.39 Å². The van der Waals surface area contributed by atoms with Crippen molar-refractivity contribution < 1.29 is 9.18 Å². The van der Waals surface area contributed by atoms with Crippen LogP contribution in [0.1, 0.15) is 25.5 Å². The molecule has 1 aromatic carbocycles. The molecule has 10 heteroatoms. The van der Waals surface area contributed by atoms with Crippen molar-refractivity contribution in [1.82, 2.24) is 29.4 Å². The first kappa shape index (κ1) is 19.8. The quantitative estimate of drug-likeness (QED) is 0.679. The average molecular weight is 407 g/mol. The third kappa shape index (κ3) is 3.99. The maximum absolute atomic E-state index is 13.6. The molecule has 2 heterocycles. The standard InChI is InChI=1S/C18H20ClFN6O2/c1-4-25-9-13(8-21-25)17-23-26(18(28)24(17)3)10-16(27)22-11(2)12-5-6-14(19)15(20)7-12/h5-9,11H,4,10H2,1-3H3,(H,22,27)/t11-/m0/s1. The van der Waals surface area contributed by atoms with E-state index in [0.717, 1.165) is 4.68 Å². The van der Waals surface area contributed by atoms with E-state index in [4.69, 9.17) is 11.6 Å². The summed E-state index contributed by atoms with van der Waals surface area (Å²) in [7, 11) is 1.58. The van der Waals surface area contributed by atoms with Crippen molar-refractivity contribution in [2.75, 3.05) is 0 Å². The van der Waals surface area contributed by atoms with E-state index in [-0.39, 0.29) is 11.6 Å². The van der Waals surface area contributed by atoms with Crippen molar-refractivity contribution in [3.63, 3.8) is 0 Å². The van der Waals surface area contributed by atoms with Gasteiger partial charge < -0.3 is 5.32 Å². The lowest BCUT2D eigenvalue weighted by Crippen LogP contribution is -2.34. The van der Waals surface area contributed by atoms with Gasteiger partial charge in [-0.05, 0) is 31.5 Å². The summed E-state index contributed by atoms with van der Waals surface area (Å²) in [6, 6.07) is 3.87. The van der Waals surface area contributed by atoms with E-state index in [1.807, 2.05) is 6.92 Å². The zero-order valence-corrected chi connectivity index (χ0v) is 16.4. The number of nitrogens with one attached hydrogen (secondary N) is 1. The molecule has 8 nitrogen and oxygen atoms in total. The van der Waals surface area contributed by atoms with E-state index in [9.17, 15) is 14.0 Å². The van der Waals surface area contributed by atoms with Crippen LogP contribution in [0.2, 0.25) is 5.02 Å². The second-order valence-electron chi connectivity index (χ2n) is 6.37. The van der Waals surface area contributed by atoms with Crippen LogP contribution in [0.15, 0.2) is 35.4 Å². The first-order chi connectivity index (χ1) is 13.3. The van der Waals surface area contributed by atoms with Crippen molar-refractivity contribution >= 4 is 17.5 Å². The Kier molecular flexibility index (Phi) is 5.64. The molecule has 0 saturated carbocycles. The van der Waals surface area contributed by atoms with Crippen molar-refractivity contribution in [1.29, 1.82) is 0 Å². The average Bonchev–Trinajstić information content (AvgIpc) is 3.24. The Morgan fingerprint density at radius 1 is 1.39 bits per heavy atom. The molecule has 0 radical (unpaired) electrons. The van der Waals surface area contributed by atoms with Crippen molar-refractivity contribution in [2.45, 2.75) is 33.0 Å². The third-order valence-corrected chi connectivity index (χ3v) is 4.68. The Morgan fingerprint density at radius 3 is 2.79 bits per heavy atom. The maximum atomic E-state index is 13.6. The van der Waals surface area contributed by atoms with Gasteiger partial charge in [0.15, 0.2) is 5.82 Å². The Labute approximate surface area is 165 Å². The van der Waals surface area contributed by atoms with Gasteiger partial charge in [0.2, 0.25) is 5.91 Å². The Balaban J connectivity index is 1.74. The first-order valence-corrected chi connectivity index (χ1v) is 9.09. The first-order valence-electron chi connectivity index (χ1n) is 8.71. The minimum Gasteiger partial charge on any atom is -0.348 e. The number of aromatic nitrogens is 5. The number of benzene rings is 1.